The van der Waals surface area contributed by atoms with Gasteiger partial charge < -0.3 is 10.4 Å². The van der Waals surface area contributed by atoms with Crippen LogP contribution in [0.2, 0.25) is 0 Å². The molecule has 2 unspecified atom stereocenters. The number of hydrogen-bond acceptors (Lipinski definition) is 4. The van der Waals surface area contributed by atoms with Crippen LogP contribution in [0, 0.1) is 17.6 Å². The van der Waals surface area contributed by atoms with Crippen LogP contribution >= 0.6 is 11.9 Å². The van der Waals surface area contributed by atoms with Gasteiger partial charge in [-0.15, -0.1) is 0 Å². The predicted molar refractivity (Wildman–Crippen MR) is 124 cm³/mol. The molecular weight excluding hydrogens is 437 g/mol. The van der Waals surface area contributed by atoms with Crippen molar-refractivity contribution in [1.82, 2.24) is 10.0 Å². The van der Waals surface area contributed by atoms with Crippen LogP contribution in [-0.2, 0) is 11.2 Å². The number of benzene rings is 2. The van der Waals surface area contributed by atoms with Gasteiger partial charge in [0.25, 0.3) is 0 Å². The summed E-state index contributed by atoms with van der Waals surface area (Å²) >= 11 is 1.78. The summed E-state index contributed by atoms with van der Waals surface area (Å²) < 4.78 is 42.9. The SMILES string of the molecule is CC(NSC1CC1)C(CCCO)Cc1cccc(-c2cccc(F)c2)c1F.O=CNCF. The van der Waals surface area contributed by atoms with Crippen LogP contribution < -0.4 is 10.0 Å². The molecule has 0 bridgehead atoms. The summed E-state index contributed by atoms with van der Waals surface area (Å²) in [5.74, 6) is -0.423. The highest BCUT2D eigenvalue weighted by Crippen LogP contribution is 2.33. The predicted octanol–water partition coefficient (Wildman–Crippen LogP) is 5.01. The summed E-state index contributed by atoms with van der Waals surface area (Å²) in [6.07, 6.45) is 4.95. The summed E-state index contributed by atoms with van der Waals surface area (Å²) in [6.45, 7) is 1.50. The van der Waals surface area contributed by atoms with Crippen molar-refractivity contribution in [1.29, 1.82) is 0 Å². The van der Waals surface area contributed by atoms with E-state index in [0.717, 1.165) is 6.42 Å². The second kappa shape index (κ2) is 14.2. The van der Waals surface area contributed by atoms with Gasteiger partial charge in [0.15, 0.2) is 6.80 Å². The van der Waals surface area contributed by atoms with Crippen molar-refractivity contribution in [3.63, 3.8) is 0 Å². The number of nitrogens with one attached hydrogen (secondary N) is 2. The zero-order valence-corrected chi connectivity index (χ0v) is 19.0. The number of aliphatic hydroxyl groups is 1. The smallest absolute Gasteiger partial charge is 0.209 e. The van der Waals surface area contributed by atoms with Gasteiger partial charge in [-0.3, -0.25) is 9.52 Å². The van der Waals surface area contributed by atoms with Gasteiger partial charge in [0.05, 0.1) is 0 Å². The Labute approximate surface area is 192 Å². The van der Waals surface area contributed by atoms with E-state index in [1.807, 2.05) is 12.1 Å². The number of hydrogen-bond donors (Lipinski definition) is 3. The number of amides is 1. The van der Waals surface area contributed by atoms with Crippen molar-refractivity contribution in [2.24, 2.45) is 5.92 Å². The maximum Gasteiger partial charge on any atom is 0.209 e. The lowest BCUT2D eigenvalue weighted by Gasteiger charge is -2.25. The van der Waals surface area contributed by atoms with Gasteiger partial charge in [-0.1, -0.05) is 42.3 Å². The van der Waals surface area contributed by atoms with Crippen molar-refractivity contribution < 1.29 is 23.1 Å². The van der Waals surface area contributed by atoms with Crippen LogP contribution in [0.1, 0.15) is 38.2 Å². The van der Waals surface area contributed by atoms with Gasteiger partial charge in [0.2, 0.25) is 6.41 Å². The van der Waals surface area contributed by atoms with E-state index in [0.29, 0.717) is 41.2 Å². The highest BCUT2D eigenvalue weighted by molar-refractivity contribution is 7.98. The third-order valence-electron chi connectivity index (χ3n) is 5.24. The van der Waals surface area contributed by atoms with Crippen molar-refractivity contribution in [3.05, 3.63) is 59.7 Å². The van der Waals surface area contributed by atoms with E-state index >= 15 is 4.39 Å². The van der Waals surface area contributed by atoms with E-state index in [1.165, 1.54) is 25.0 Å². The first-order valence-electron chi connectivity index (χ1n) is 10.8. The maximum atomic E-state index is 15.2. The third-order valence-corrected chi connectivity index (χ3v) is 6.55. The molecular formula is C24H31F3N2O2S. The van der Waals surface area contributed by atoms with E-state index in [4.69, 9.17) is 4.79 Å². The Morgan fingerprint density at radius 3 is 2.56 bits per heavy atom. The molecule has 1 saturated carbocycles. The second-order valence-electron chi connectivity index (χ2n) is 7.80. The van der Waals surface area contributed by atoms with Crippen LogP contribution in [0.25, 0.3) is 11.1 Å². The molecule has 1 aliphatic carbocycles. The van der Waals surface area contributed by atoms with Crippen LogP contribution in [-0.4, -0.2) is 36.2 Å². The summed E-state index contributed by atoms with van der Waals surface area (Å²) in [5, 5.41) is 11.7. The highest BCUT2D eigenvalue weighted by Gasteiger charge is 2.25. The van der Waals surface area contributed by atoms with Crippen molar-refractivity contribution in [2.75, 3.05) is 13.4 Å². The Hall–Kier alpha value is -2.03. The van der Waals surface area contributed by atoms with E-state index < -0.39 is 6.80 Å². The Kier molecular flexibility index (Phi) is 11.6. The summed E-state index contributed by atoms with van der Waals surface area (Å²) in [5.41, 5.74) is 1.63. The Morgan fingerprint density at radius 1 is 1.22 bits per heavy atom. The molecule has 2 aromatic carbocycles. The van der Waals surface area contributed by atoms with Crippen molar-refractivity contribution >= 4 is 18.4 Å². The first-order chi connectivity index (χ1) is 15.5. The number of carbonyl (C=O) groups excluding carboxylic acids is 1. The molecule has 4 nitrogen and oxygen atoms in total. The van der Waals surface area contributed by atoms with Gasteiger partial charge in [0.1, 0.15) is 11.6 Å². The van der Waals surface area contributed by atoms with Gasteiger partial charge in [-0.05, 0) is 68.2 Å². The molecule has 8 heteroatoms. The van der Waals surface area contributed by atoms with Gasteiger partial charge in [0, 0.05) is 23.5 Å². The Balaban J connectivity index is 0.000000654. The molecule has 1 aliphatic rings. The molecule has 2 aromatic rings. The lowest BCUT2D eigenvalue weighted by atomic mass is 9.88. The van der Waals surface area contributed by atoms with Crippen molar-refractivity contribution in [2.45, 2.75) is 50.3 Å². The third kappa shape index (κ3) is 8.84. The quantitative estimate of drug-likeness (QED) is 0.233. The maximum absolute atomic E-state index is 15.2. The van der Waals surface area contributed by atoms with Crippen LogP contribution in [0.5, 0.6) is 0 Å². The average Bonchev–Trinajstić information content (AvgIpc) is 3.61. The molecule has 3 rings (SSSR count). The second-order valence-corrected chi connectivity index (χ2v) is 8.94. The number of alkyl halides is 1. The minimum absolute atomic E-state index is 0.144. The number of halogens is 3. The number of rotatable bonds is 12. The van der Waals surface area contributed by atoms with Gasteiger partial charge >= 0.3 is 0 Å². The largest absolute Gasteiger partial charge is 0.396 e. The zero-order valence-electron chi connectivity index (χ0n) is 18.2. The molecule has 0 radical (unpaired) electrons. The van der Waals surface area contributed by atoms with Crippen LogP contribution in [0.4, 0.5) is 13.2 Å². The lowest BCUT2D eigenvalue weighted by Crippen LogP contribution is -2.31. The van der Waals surface area contributed by atoms with E-state index in [2.05, 4.69) is 11.6 Å². The molecule has 1 amide bonds. The van der Waals surface area contributed by atoms with E-state index in [9.17, 15) is 13.9 Å². The Bertz CT molecular complexity index is 837. The van der Waals surface area contributed by atoms with E-state index in [1.54, 1.807) is 35.5 Å². The van der Waals surface area contributed by atoms with Gasteiger partial charge in [-0.25, -0.2) is 13.2 Å². The monoisotopic (exact) mass is 468 g/mol. The highest BCUT2D eigenvalue weighted by atomic mass is 32.2. The van der Waals surface area contributed by atoms with E-state index in [-0.39, 0.29) is 30.2 Å². The molecule has 0 heterocycles. The average molecular weight is 469 g/mol. The molecule has 1 fully saturated rings. The molecule has 0 saturated heterocycles. The molecule has 176 valence electrons. The standard InChI is InChI=1S/C22H27F2NOS.C2H4FNO/c1-15(25-27-20-10-11-20)16(7-4-12-26)13-18-6-3-9-21(22(18)24)17-5-2-8-19(23)14-17;3-1-4-2-5/h2-3,5-6,8-9,14-16,20,25-26H,4,7,10-13H2,1H3;2H,1H2,(H,4,5). The molecule has 2 atom stereocenters. The first kappa shape index (κ1) is 26.2. The number of carbonyl (C=O) groups is 1. The normalized spacial score (nSPS) is 14.8. The van der Waals surface area contributed by atoms with Crippen molar-refractivity contribution in [3.8, 4) is 11.1 Å². The minimum atomic E-state index is -0.774. The first-order valence-corrected chi connectivity index (χ1v) is 11.7. The molecule has 0 aromatic heterocycles. The fraction of sp³-hybridized carbons (Fsp3) is 0.458. The van der Waals surface area contributed by atoms with Crippen LogP contribution in [0.15, 0.2) is 42.5 Å². The summed E-state index contributed by atoms with van der Waals surface area (Å²) in [7, 11) is 0. The lowest BCUT2D eigenvalue weighted by molar-refractivity contribution is -0.110. The Morgan fingerprint density at radius 2 is 1.97 bits per heavy atom. The molecule has 0 aliphatic heterocycles. The fourth-order valence-corrected chi connectivity index (χ4v) is 4.27. The summed E-state index contributed by atoms with van der Waals surface area (Å²) in [4.78, 5) is 9.05. The number of aliphatic hydroxyl groups excluding tert-OH is 1. The molecule has 32 heavy (non-hydrogen) atoms. The molecule has 0 spiro atoms. The zero-order chi connectivity index (χ0) is 23.3. The fourth-order valence-electron chi connectivity index (χ4n) is 3.30. The van der Waals surface area contributed by atoms with Crippen LogP contribution in [0.3, 0.4) is 0 Å². The van der Waals surface area contributed by atoms with Gasteiger partial charge in [-0.2, -0.15) is 0 Å². The topological polar surface area (TPSA) is 61.4 Å². The minimum Gasteiger partial charge on any atom is -0.396 e. The summed E-state index contributed by atoms with van der Waals surface area (Å²) in [6, 6.07) is 11.6. The molecule has 3 N–H and O–H groups in total.